The van der Waals surface area contributed by atoms with Gasteiger partial charge in [0.1, 0.15) is 0 Å². The largest absolute Gasteiger partial charge is 0.306 e. The van der Waals surface area contributed by atoms with E-state index in [1.165, 1.54) is 19.5 Å². The average Bonchev–Trinajstić information content (AvgIpc) is 2.89. The highest BCUT2D eigenvalue weighted by atomic mass is 15.2. The molecule has 0 aromatic heterocycles. The molecule has 0 bridgehead atoms. The van der Waals surface area contributed by atoms with E-state index >= 15 is 0 Å². The summed E-state index contributed by atoms with van der Waals surface area (Å²) in [6.45, 7) is 8.92. The van der Waals surface area contributed by atoms with Gasteiger partial charge in [0.05, 0.1) is 6.54 Å². The highest BCUT2D eigenvalue weighted by Gasteiger charge is 2.23. The van der Waals surface area contributed by atoms with Crippen LogP contribution in [0.25, 0.3) is 0 Å². The maximum atomic E-state index is 3.46. The number of hydrogen-bond acceptors (Lipinski definition) is 2. The molecule has 0 amide bonds. The van der Waals surface area contributed by atoms with E-state index in [4.69, 9.17) is 0 Å². The standard InChI is InChI=1S/C17H24N2/c1-15(2)19-12-10-17(14-19)13-18-11-6-9-16-7-4-3-5-8-16/h3-5,7-8,15,17-18H,10-14H2,1-2H3. The number of likely N-dealkylation sites (tertiary alicyclic amines) is 1. The molecule has 1 N–H and O–H groups in total. The number of rotatable bonds is 4. The minimum absolute atomic E-state index is 0.683. The summed E-state index contributed by atoms with van der Waals surface area (Å²) in [5.74, 6) is 7.15. The second-order valence-corrected chi connectivity index (χ2v) is 5.54. The summed E-state index contributed by atoms with van der Waals surface area (Å²) in [6, 6.07) is 10.8. The predicted molar refractivity (Wildman–Crippen MR) is 81.0 cm³/mol. The lowest BCUT2D eigenvalue weighted by Gasteiger charge is -2.20. The quantitative estimate of drug-likeness (QED) is 0.657. The number of benzene rings is 1. The van der Waals surface area contributed by atoms with Crippen LogP contribution in [0.1, 0.15) is 25.8 Å². The van der Waals surface area contributed by atoms with Crippen LogP contribution in [0.4, 0.5) is 0 Å². The number of nitrogens with one attached hydrogen (secondary N) is 1. The molecule has 1 atom stereocenters. The molecule has 1 aromatic carbocycles. The second-order valence-electron chi connectivity index (χ2n) is 5.54. The molecular formula is C17H24N2. The van der Waals surface area contributed by atoms with Crippen LogP contribution >= 0.6 is 0 Å². The third-order valence-corrected chi connectivity index (χ3v) is 3.70. The Kier molecular flexibility index (Phi) is 5.44. The molecule has 2 rings (SSSR count). The van der Waals surface area contributed by atoms with Crippen LogP contribution in [0, 0.1) is 17.8 Å². The van der Waals surface area contributed by atoms with Gasteiger partial charge < -0.3 is 10.2 Å². The first kappa shape index (κ1) is 14.1. The normalized spacial score (nSPS) is 19.4. The van der Waals surface area contributed by atoms with Crippen molar-refractivity contribution in [1.29, 1.82) is 0 Å². The number of hydrogen-bond donors (Lipinski definition) is 1. The van der Waals surface area contributed by atoms with Gasteiger partial charge in [0.2, 0.25) is 0 Å². The van der Waals surface area contributed by atoms with Gasteiger partial charge in [-0.05, 0) is 44.9 Å². The Morgan fingerprint density at radius 1 is 1.32 bits per heavy atom. The fourth-order valence-electron chi connectivity index (χ4n) is 2.50. The molecular weight excluding hydrogens is 232 g/mol. The third kappa shape index (κ3) is 4.70. The average molecular weight is 256 g/mol. The van der Waals surface area contributed by atoms with Gasteiger partial charge in [-0.3, -0.25) is 0 Å². The van der Waals surface area contributed by atoms with Crippen molar-refractivity contribution in [2.24, 2.45) is 5.92 Å². The summed E-state index contributed by atoms with van der Waals surface area (Å²) in [5, 5.41) is 3.46. The highest BCUT2D eigenvalue weighted by molar-refractivity contribution is 5.33. The molecule has 102 valence electrons. The topological polar surface area (TPSA) is 15.3 Å². The Labute approximate surface area is 117 Å². The molecule has 0 radical (unpaired) electrons. The van der Waals surface area contributed by atoms with Gasteiger partial charge in [0, 0.05) is 24.7 Å². The summed E-state index contributed by atoms with van der Waals surface area (Å²) >= 11 is 0. The first-order chi connectivity index (χ1) is 9.25. The molecule has 1 unspecified atom stereocenters. The van der Waals surface area contributed by atoms with Crippen LogP contribution in [0.5, 0.6) is 0 Å². The van der Waals surface area contributed by atoms with E-state index in [0.29, 0.717) is 6.04 Å². The van der Waals surface area contributed by atoms with Crippen molar-refractivity contribution >= 4 is 0 Å². The smallest absolute Gasteiger partial charge is 0.0580 e. The lowest BCUT2D eigenvalue weighted by Crippen LogP contribution is -2.30. The van der Waals surface area contributed by atoms with Crippen molar-refractivity contribution in [2.45, 2.75) is 26.3 Å². The van der Waals surface area contributed by atoms with Gasteiger partial charge in [-0.25, -0.2) is 0 Å². The van der Waals surface area contributed by atoms with Gasteiger partial charge in [0.15, 0.2) is 0 Å². The van der Waals surface area contributed by atoms with Gasteiger partial charge in [-0.15, -0.1) is 0 Å². The zero-order valence-electron chi connectivity index (χ0n) is 12.0. The summed E-state index contributed by atoms with van der Waals surface area (Å²) in [7, 11) is 0. The van der Waals surface area contributed by atoms with Crippen LogP contribution in [-0.4, -0.2) is 37.1 Å². The molecule has 19 heavy (non-hydrogen) atoms. The lowest BCUT2D eigenvalue weighted by atomic mass is 10.1. The molecule has 1 aliphatic rings. The van der Waals surface area contributed by atoms with Crippen LogP contribution in [0.3, 0.4) is 0 Å². The first-order valence-electron chi connectivity index (χ1n) is 7.24. The van der Waals surface area contributed by atoms with Crippen molar-refractivity contribution in [3.05, 3.63) is 35.9 Å². The Bertz CT molecular complexity index is 428. The molecule has 1 heterocycles. The minimum Gasteiger partial charge on any atom is -0.306 e. The van der Waals surface area contributed by atoms with E-state index in [-0.39, 0.29) is 0 Å². The fourth-order valence-corrected chi connectivity index (χ4v) is 2.50. The van der Waals surface area contributed by atoms with Crippen molar-refractivity contribution in [3.8, 4) is 11.8 Å². The molecule has 1 fully saturated rings. The molecule has 1 aliphatic heterocycles. The molecule has 2 nitrogen and oxygen atoms in total. The Balaban J connectivity index is 1.64. The zero-order chi connectivity index (χ0) is 13.5. The molecule has 0 aliphatic carbocycles. The third-order valence-electron chi connectivity index (χ3n) is 3.70. The first-order valence-corrected chi connectivity index (χ1v) is 7.24. The summed E-state index contributed by atoms with van der Waals surface area (Å²) in [5.41, 5.74) is 1.09. The van der Waals surface area contributed by atoms with Crippen LogP contribution in [0.15, 0.2) is 30.3 Å². The summed E-state index contributed by atoms with van der Waals surface area (Å²) < 4.78 is 0. The van der Waals surface area contributed by atoms with Crippen molar-refractivity contribution in [1.82, 2.24) is 10.2 Å². The van der Waals surface area contributed by atoms with E-state index in [9.17, 15) is 0 Å². The molecule has 1 saturated heterocycles. The van der Waals surface area contributed by atoms with Crippen LogP contribution in [0.2, 0.25) is 0 Å². The van der Waals surface area contributed by atoms with Crippen molar-refractivity contribution in [3.63, 3.8) is 0 Å². The van der Waals surface area contributed by atoms with Gasteiger partial charge in [-0.2, -0.15) is 0 Å². The molecule has 1 aromatic rings. The van der Waals surface area contributed by atoms with E-state index in [2.05, 4.69) is 35.9 Å². The molecule has 0 saturated carbocycles. The molecule has 0 spiro atoms. The van der Waals surface area contributed by atoms with Crippen molar-refractivity contribution in [2.75, 3.05) is 26.2 Å². The van der Waals surface area contributed by atoms with E-state index in [1.54, 1.807) is 0 Å². The van der Waals surface area contributed by atoms with E-state index < -0.39 is 0 Å². The van der Waals surface area contributed by atoms with Crippen LogP contribution < -0.4 is 5.32 Å². The lowest BCUT2D eigenvalue weighted by molar-refractivity contribution is 0.264. The fraction of sp³-hybridized carbons (Fsp3) is 0.529. The minimum atomic E-state index is 0.683. The number of nitrogens with zero attached hydrogens (tertiary/aromatic N) is 1. The summed E-state index contributed by atoms with van der Waals surface area (Å²) in [6.07, 6.45) is 1.32. The zero-order valence-corrected chi connectivity index (χ0v) is 12.0. The SMILES string of the molecule is CC(C)N1CCC(CNCC#Cc2ccccc2)C1. The van der Waals surface area contributed by atoms with Crippen molar-refractivity contribution < 1.29 is 0 Å². The van der Waals surface area contributed by atoms with Gasteiger partial charge >= 0.3 is 0 Å². The van der Waals surface area contributed by atoms with E-state index in [0.717, 1.165) is 24.6 Å². The second kappa shape index (κ2) is 7.33. The maximum Gasteiger partial charge on any atom is 0.0580 e. The summed E-state index contributed by atoms with van der Waals surface area (Å²) in [4.78, 5) is 2.56. The van der Waals surface area contributed by atoms with E-state index in [1.807, 2.05) is 30.3 Å². The maximum absolute atomic E-state index is 3.46. The van der Waals surface area contributed by atoms with Crippen LogP contribution in [-0.2, 0) is 0 Å². The Morgan fingerprint density at radius 2 is 2.11 bits per heavy atom. The van der Waals surface area contributed by atoms with Gasteiger partial charge in [0.25, 0.3) is 0 Å². The van der Waals surface area contributed by atoms with Gasteiger partial charge in [-0.1, -0.05) is 30.0 Å². The highest BCUT2D eigenvalue weighted by Crippen LogP contribution is 2.17. The predicted octanol–water partition coefficient (Wildman–Crippen LogP) is 2.36. The monoisotopic (exact) mass is 256 g/mol. The molecule has 2 heteroatoms. The Hall–Kier alpha value is -1.30. The Morgan fingerprint density at radius 3 is 2.79 bits per heavy atom.